The number of likely N-dealkylation sites (N-methyl/N-ethyl adjacent to an activating group) is 1. The standard InChI is InChI=1S/C30H29N3O4S/c1-32(2)18-19-33-25-10-6-7-11-26(25)38-28(21-12-15-22(36-3)16-13-21)27(29(33)34)37-30(35)24-17-14-20-8-4-5-9-23(20)31-24/h4-17,27-28H,18-19H2,1-3H3/t27-,28+/m1/s1. The molecule has 194 valence electrons. The maximum Gasteiger partial charge on any atom is 0.357 e. The first-order valence-electron chi connectivity index (χ1n) is 12.4. The number of ether oxygens (including phenoxy) is 2. The summed E-state index contributed by atoms with van der Waals surface area (Å²) in [7, 11) is 5.54. The van der Waals surface area contributed by atoms with Gasteiger partial charge in [0.05, 0.1) is 23.6 Å². The number of methoxy groups -OCH3 is 1. The van der Waals surface area contributed by atoms with E-state index in [4.69, 9.17) is 9.47 Å². The van der Waals surface area contributed by atoms with Crippen LogP contribution in [0.25, 0.3) is 10.9 Å². The van der Waals surface area contributed by atoms with Gasteiger partial charge in [-0.3, -0.25) is 4.79 Å². The molecule has 0 radical (unpaired) electrons. The van der Waals surface area contributed by atoms with Crippen LogP contribution >= 0.6 is 11.8 Å². The third kappa shape index (κ3) is 5.37. The Hall–Kier alpha value is -3.88. The smallest absolute Gasteiger partial charge is 0.357 e. The topological polar surface area (TPSA) is 72.0 Å². The minimum Gasteiger partial charge on any atom is -0.497 e. The summed E-state index contributed by atoms with van der Waals surface area (Å²) in [6, 6.07) is 26.4. The maximum atomic E-state index is 14.2. The van der Waals surface area contributed by atoms with Crippen molar-refractivity contribution >= 4 is 40.2 Å². The van der Waals surface area contributed by atoms with Crippen LogP contribution in [0.5, 0.6) is 5.75 Å². The van der Waals surface area contributed by atoms with Gasteiger partial charge in [-0.25, -0.2) is 9.78 Å². The van der Waals surface area contributed by atoms with Crippen LogP contribution in [-0.2, 0) is 9.53 Å². The van der Waals surface area contributed by atoms with E-state index in [0.717, 1.165) is 21.5 Å². The molecule has 0 saturated heterocycles. The second-order valence-electron chi connectivity index (χ2n) is 9.29. The zero-order valence-electron chi connectivity index (χ0n) is 21.5. The van der Waals surface area contributed by atoms with Gasteiger partial charge >= 0.3 is 5.97 Å². The molecule has 1 aliphatic rings. The highest BCUT2D eigenvalue weighted by Crippen LogP contribution is 2.47. The molecule has 7 nitrogen and oxygen atoms in total. The number of rotatable bonds is 7. The Morgan fingerprint density at radius 3 is 2.47 bits per heavy atom. The lowest BCUT2D eigenvalue weighted by Crippen LogP contribution is -2.45. The van der Waals surface area contributed by atoms with Gasteiger partial charge in [0.2, 0.25) is 0 Å². The van der Waals surface area contributed by atoms with Gasteiger partial charge in [0.25, 0.3) is 5.91 Å². The first-order chi connectivity index (χ1) is 18.4. The first kappa shape index (κ1) is 25.8. The van der Waals surface area contributed by atoms with Gasteiger partial charge in [0.1, 0.15) is 11.4 Å². The molecule has 0 N–H and O–H groups in total. The van der Waals surface area contributed by atoms with E-state index in [1.54, 1.807) is 18.1 Å². The first-order valence-corrected chi connectivity index (χ1v) is 13.2. The Kier molecular flexibility index (Phi) is 7.62. The predicted octanol–water partition coefficient (Wildman–Crippen LogP) is 5.21. The number of benzene rings is 3. The number of fused-ring (bicyclic) bond motifs is 2. The molecule has 0 fully saturated rings. The summed E-state index contributed by atoms with van der Waals surface area (Å²) in [6.07, 6.45) is -1.07. The molecule has 0 spiro atoms. The van der Waals surface area contributed by atoms with Crippen molar-refractivity contribution in [1.82, 2.24) is 9.88 Å². The number of hydrogen-bond donors (Lipinski definition) is 0. The van der Waals surface area contributed by atoms with Crippen molar-refractivity contribution in [2.75, 3.05) is 39.2 Å². The van der Waals surface area contributed by atoms with Crippen LogP contribution in [0.4, 0.5) is 5.69 Å². The largest absolute Gasteiger partial charge is 0.497 e. The molecule has 4 aromatic rings. The number of thioether (sulfide) groups is 1. The van der Waals surface area contributed by atoms with Gasteiger partial charge in [-0.1, -0.05) is 48.5 Å². The summed E-state index contributed by atoms with van der Waals surface area (Å²) in [5.41, 5.74) is 2.52. The number of hydrogen-bond acceptors (Lipinski definition) is 7. The Morgan fingerprint density at radius 1 is 0.974 bits per heavy atom. The average Bonchev–Trinajstić information content (AvgIpc) is 3.05. The zero-order valence-corrected chi connectivity index (χ0v) is 22.4. The summed E-state index contributed by atoms with van der Waals surface area (Å²) in [5.74, 6) is -0.188. The third-order valence-corrected chi connectivity index (χ3v) is 7.82. The fourth-order valence-corrected chi connectivity index (χ4v) is 5.73. The molecular formula is C30H29N3O4S. The number of para-hydroxylation sites is 2. The van der Waals surface area contributed by atoms with Crippen molar-refractivity contribution in [3.8, 4) is 5.75 Å². The van der Waals surface area contributed by atoms with Gasteiger partial charge in [-0.15, -0.1) is 11.8 Å². The summed E-state index contributed by atoms with van der Waals surface area (Å²) < 4.78 is 11.4. The van der Waals surface area contributed by atoms with E-state index in [9.17, 15) is 9.59 Å². The lowest BCUT2D eigenvalue weighted by molar-refractivity contribution is -0.127. The predicted molar refractivity (Wildman–Crippen MR) is 150 cm³/mol. The molecule has 0 unspecified atom stereocenters. The van der Waals surface area contributed by atoms with Crippen LogP contribution in [0, 0.1) is 0 Å². The number of anilines is 1. The highest BCUT2D eigenvalue weighted by molar-refractivity contribution is 7.99. The molecule has 38 heavy (non-hydrogen) atoms. The lowest BCUT2D eigenvalue weighted by atomic mass is 10.1. The zero-order chi connectivity index (χ0) is 26.6. The summed E-state index contributed by atoms with van der Waals surface area (Å²) in [4.78, 5) is 36.8. The summed E-state index contributed by atoms with van der Waals surface area (Å²) in [5, 5.41) is 0.454. The number of pyridine rings is 1. The van der Waals surface area contributed by atoms with Crippen molar-refractivity contribution in [1.29, 1.82) is 0 Å². The maximum absolute atomic E-state index is 14.2. The Morgan fingerprint density at radius 2 is 1.71 bits per heavy atom. The number of carbonyl (C=O) groups is 2. The van der Waals surface area contributed by atoms with Crippen LogP contribution in [-0.4, -0.2) is 62.2 Å². The van der Waals surface area contributed by atoms with Crippen molar-refractivity contribution in [3.05, 3.63) is 96.2 Å². The SMILES string of the molecule is COc1ccc([C@@H]2Sc3ccccc3N(CCN(C)C)C(=O)[C@@H]2OC(=O)c2ccc3ccccc3n2)cc1. The van der Waals surface area contributed by atoms with Crippen LogP contribution in [0.3, 0.4) is 0 Å². The summed E-state index contributed by atoms with van der Waals surface area (Å²) in [6.45, 7) is 1.12. The van der Waals surface area contributed by atoms with Crippen molar-refractivity contribution < 1.29 is 19.1 Å². The monoisotopic (exact) mass is 527 g/mol. The molecule has 5 rings (SSSR count). The highest BCUT2D eigenvalue weighted by atomic mass is 32.2. The molecular weight excluding hydrogens is 498 g/mol. The van der Waals surface area contributed by atoms with Gasteiger partial charge in [-0.05, 0) is 56.1 Å². The minimum atomic E-state index is -1.07. The molecule has 1 amide bonds. The van der Waals surface area contributed by atoms with Crippen LogP contribution in [0.2, 0.25) is 0 Å². The van der Waals surface area contributed by atoms with Gasteiger partial charge in [0.15, 0.2) is 6.10 Å². The van der Waals surface area contributed by atoms with Gasteiger partial charge in [-0.2, -0.15) is 0 Å². The summed E-state index contributed by atoms with van der Waals surface area (Å²) >= 11 is 1.52. The Labute approximate surface area is 226 Å². The molecule has 3 aromatic carbocycles. The second-order valence-corrected chi connectivity index (χ2v) is 10.5. The average molecular weight is 528 g/mol. The molecule has 2 atom stereocenters. The molecule has 0 saturated carbocycles. The number of carbonyl (C=O) groups excluding carboxylic acids is 2. The van der Waals surface area contributed by atoms with Crippen LogP contribution < -0.4 is 9.64 Å². The van der Waals surface area contributed by atoms with Crippen molar-refractivity contribution in [3.63, 3.8) is 0 Å². The van der Waals surface area contributed by atoms with Crippen LogP contribution in [0.1, 0.15) is 21.3 Å². The highest BCUT2D eigenvalue weighted by Gasteiger charge is 2.41. The molecule has 0 aliphatic carbocycles. The Balaban J connectivity index is 1.55. The van der Waals surface area contributed by atoms with Crippen LogP contribution in [0.15, 0.2) is 89.8 Å². The quantitative estimate of drug-likeness (QED) is 0.306. The van der Waals surface area contributed by atoms with Gasteiger partial charge in [0, 0.05) is 23.4 Å². The lowest BCUT2D eigenvalue weighted by Gasteiger charge is -2.28. The van der Waals surface area contributed by atoms with E-state index in [1.807, 2.05) is 97.9 Å². The van der Waals surface area contributed by atoms with E-state index >= 15 is 0 Å². The van der Waals surface area contributed by atoms with E-state index in [1.165, 1.54) is 11.8 Å². The molecule has 8 heteroatoms. The number of nitrogens with zero attached hydrogens (tertiary/aromatic N) is 3. The van der Waals surface area contributed by atoms with E-state index in [0.29, 0.717) is 24.4 Å². The molecule has 0 bridgehead atoms. The minimum absolute atomic E-state index is 0.164. The van der Waals surface area contributed by atoms with Gasteiger partial charge < -0.3 is 19.3 Å². The fraction of sp³-hybridized carbons (Fsp3) is 0.233. The number of amides is 1. The third-order valence-electron chi connectivity index (χ3n) is 6.45. The normalized spacial score (nSPS) is 17.3. The van der Waals surface area contributed by atoms with E-state index in [2.05, 4.69) is 4.98 Å². The van der Waals surface area contributed by atoms with E-state index in [-0.39, 0.29) is 11.6 Å². The number of esters is 1. The van der Waals surface area contributed by atoms with E-state index < -0.39 is 17.3 Å². The molecule has 1 aliphatic heterocycles. The Bertz CT molecular complexity index is 1460. The van der Waals surface area contributed by atoms with Crippen molar-refractivity contribution in [2.24, 2.45) is 0 Å². The van der Waals surface area contributed by atoms with Crippen molar-refractivity contribution in [2.45, 2.75) is 16.2 Å². The number of aromatic nitrogens is 1. The molecule has 2 heterocycles. The second kappa shape index (κ2) is 11.2. The fourth-order valence-electron chi connectivity index (χ4n) is 4.41. The molecule has 1 aromatic heterocycles.